The van der Waals surface area contributed by atoms with Gasteiger partial charge in [-0.05, 0) is 0 Å². The van der Waals surface area contributed by atoms with Gasteiger partial charge in [0.1, 0.15) is 0 Å². The van der Waals surface area contributed by atoms with E-state index < -0.39 is 0 Å². The summed E-state index contributed by atoms with van der Waals surface area (Å²) in [5, 5.41) is 0. The van der Waals surface area contributed by atoms with Crippen molar-refractivity contribution < 1.29 is 0 Å². The van der Waals surface area contributed by atoms with E-state index in [4.69, 9.17) is 0 Å². The van der Waals surface area contributed by atoms with Crippen molar-refractivity contribution in [2.24, 2.45) is 5.92 Å². The molecule has 2 radical (unpaired) electrons. The van der Waals surface area contributed by atoms with Gasteiger partial charge in [0.05, 0.1) is 0 Å². The summed E-state index contributed by atoms with van der Waals surface area (Å²) in [7, 11) is 0. The first-order chi connectivity index (χ1) is 4.43. The van der Waals surface area contributed by atoms with Crippen molar-refractivity contribution in [1.82, 2.24) is 0 Å². The number of hydrogen-bond acceptors (Lipinski definition) is 0. The van der Waals surface area contributed by atoms with Crippen LogP contribution in [0.4, 0.5) is 0 Å². The van der Waals surface area contributed by atoms with Crippen molar-refractivity contribution in [1.29, 1.82) is 0 Å². The molecule has 0 heterocycles. The molecule has 50 valence electrons. The zero-order valence-corrected chi connectivity index (χ0v) is 8.53. The summed E-state index contributed by atoms with van der Waals surface area (Å²) >= 11 is 1.91. The van der Waals surface area contributed by atoms with Crippen LogP contribution < -0.4 is 0 Å². The summed E-state index contributed by atoms with van der Waals surface area (Å²) in [4.78, 5) is 1.46. The van der Waals surface area contributed by atoms with E-state index in [1.807, 2.05) is 18.6 Å². The third kappa shape index (κ3) is 2.81. The first-order valence-corrected chi connectivity index (χ1v) is 5.85. The van der Waals surface area contributed by atoms with Gasteiger partial charge >= 0.3 is 68.0 Å². The second-order valence-corrected chi connectivity index (χ2v) is 4.29. The Morgan fingerprint density at radius 2 is 1.78 bits per heavy atom. The molecular weight excluding hydrogens is 166 g/mol. The zero-order valence-electron chi connectivity index (χ0n) is 6.10. The Morgan fingerprint density at radius 3 is 2.33 bits per heavy atom. The Bertz CT molecular complexity index is 62.2. The molecule has 0 spiro atoms. The molecule has 1 heteroatoms. The van der Waals surface area contributed by atoms with Gasteiger partial charge in [0.25, 0.3) is 0 Å². The van der Waals surface area contributed by atoms with Crippen LogP contribution in [-0.4, -0.2) is 18.6 Å². The van der Waals surface area contributed by atoms with Crippen molar-refractivity contribution in [3.05, 3.63) is 0 Å². The Balaban J connectivity index is 2.08. The van der Waals surface area contributed by atoms with Crippen molar-refractivity contribution >= 4 is 18.6 Å². The van der Waals surface area contributed by atoms with E-state index in [2.05, 4.69) is 0 Å². The van der Waals surface area contributed by atoms with Crippen LogP contribution in [0, 0.1) is 5.92 Å². The van der Waals surface area contributed by atoms with Crippen LogP contribution in [0.15, 0.2) is 0 Å². The predicted molar refractivity (Wildman–Crippen MR) is 41.8 cm³/mol. The Kier molecular flexibility index (Phi) is 3.83. The summed E-state index contributed by atoms with van der Waals surface area (Å²) < 4.78 is 0. The van der Waals surface area contributed by atoms with Crippen LogP contribution in [0.3, 0.4) is 0 Å². The second kappa shape index (κ2) is 4.45. The Hall–Kier alpha value is 0.636. The van der Waals surface area contributed by atoms with Crippen molar-refractivity contribution in [3.8, 4) is 0 Å². The van der Waals surface area contributed by atoms with E-state index in [9.17, 15) is 0 Å². The van der Waals surface area contributed by atoms with Crippen molar-refractivity contribution in [2.45, 2.75) is 43.5 Å². The van der Waals surface area contributed by atoms with Gasteiger partial charge in [-0.2, -0.15) is 0 Å². The SMILES string of the molecule is [Ga][CH2]CC1CCCCC1. The van der Waals surface area contributed by atoms with E-state index in [1.165, 1.54) is 43.5 Å². The predicted octanol–water partition coefficient (Wildman–Crippen LogP) is 2.54. The maximum atomic E-state index is 1.91. The fourth-order valence-electron chi connectivity index (χ4n) is 1.71. The third-order valence-corrected chi connectivity index (χ3v) is 3.00. The van der Waals surface area contributed by atoms with Crippen molar-refractivity contribution in [3.63, 3.8) is 0 Å². The minimum atomic E-state index is 1.12. The molecule has 0 N–H and O–H groups in total. The monoisotopic (exact) mass is 180 g/mol. The van der Waals surface area contributed by atoms with Gasteiger partial charge in [-0.1, -0.05) is 0 Å². The summed E-state index contributed by atoms with van der Waals surface area (Å²) in [6.45, 7) is 0. The van der Waals surface area contributed by atoms with E-state index in [0.29, 0.717) is 0 Å². The Morgan fingerprint density at radius 1 is 1.11 bits per heavy atom. The van der Waals surface area contributed by atoms with E-state index in [0.717, 1.165) is 5.92 Å². The van der Waals surface area contributed by atoms with Gasteiger partial charge < -0.3 is 0 Å². The maximum absolute atomic E-state index is 1.91. The second-order valence-electron chi connectivity index (χ2n) is 3.08. The van der Waals surface area contributed by atoms with E-state index >= 15 is 0 Å². The van der Waals surface area contributed by atoms with Crippen LogP contribution in [0.5, 0.6) is 0 Å². The quantitative estimate of drug-likeness (QED) is 0.574. The fraction of sp³-hybridized carbons (Fsp3) is 1.00. The molecule has 0 amide bonds. The molecule has 0 aromatic carbocycles. The number of rotatable bonds is 2. The summed E-state index contributed by atoms with van der Waals surface area (Å²) in [6, 6.07) is 0. The fourth-order valence-corrected chi connectivity index (χ4v) is 2.70. The molecule has 0 unspecified atom stereocenters. The minimum absolute atomic E-state index is 1.12. The molecule has 1 aliphatic rings. The van der Waals surface area contributed by atoms with Gasteiger partial charge in [-0.3, -0.25) is 0 Å². The van der Waals surface area contributed by atoms with Crippen LogP contribution in [0.2, 0.25) is 4.98 Å². The van der Waals surface area contributed by atoms with Gasteiger partial charge in [-0.25, -0.2) is 0 Å². The zero-order chi connectivity index (χ0) is 6.53. The first-order valence-electron chi connectivity index (χ1n) is 4.13. The summed E-state index contributed by atoms with van der Waals surface area (Å²) in [5.74, 6) is 1.12. The molecule has 1 saturated carbocycles. The molecule has 0 bridgehead atoms. The van der Waals surface area contributed by atoms with Gasteiger partial charge in [-0.15, -0.1) is 0 Å². The van der Waals surface area contributed by atoms with E-state index in [-0.39, 0.29) is 0 Å². The van der Waals surface area contributed by atoms with Crippen molar-refractivity contribution in [2.75, 3.05) is 0 Å². The van der Waals surface area contributed by atoms with Gasteiger partial charge in [0, 0.05) is 0 Å². The molecule has 0 saturated heterocycles. The molecular formula is C8H15Ga. The molecule has 0 aliphatic heterocycles. The average Bonchev–Trinajstić information content (AvgIpc) is 1.91. The van der Waals surface area contributed by atoms with Crippen LogP contribution in [0.25, 0.3) is 0 Å². The molecule has 1 fully saturated rings. The standard InChI is InChI=1S/C8H15.Ga/c1-2-8-6-4-3-5-7-8;/h8H,1-7H2;. The molecule has 0 nitrogen and oxygen atoms in total. The molecule has 0 aromatic rings. The third-order valence-electron chi connectivity index (χ3n) is 2.30. The molecule has 0 atom stereocenters. The molecule has 9 heavy (non-hydrogen) atoms. The van der Waals surface area contributed by atoms with Crippen LogP contribution >= 0.6 is 0 Å². The molecule has 1 rings (SSSR count). The van der Waals surface area contributed by atoms with Gasteiger partial charge in [0.15, 0.2) is 0 Å². The van der Waals surface area contributed by atoms with Gasteiger partial charge in [0.2, 0.25) is 0 Å². The summed E-state index contributed by atoms with van der Waals surface area (Å²) in [5.41, 5.74) is 0. The first kappa shape index (κ1) is 7.74. The average molecular weight is 181 g/mol. The molecule has 1 aliphatic carbocycles. The normalized spacial score (nSPS) is 22.2. The van der Waals surface area contributed by atoms with E-state index in [1.54, 1.807) is 0 Å². The topological polar surface area (TPSA) is 0 Å². The van der Waals surface area contributed by atoms with Crippen LogP contribution in [0.1, 0.15) is 38.5 Å². The number of hydrogen-bond donors (Lipinski definition) is 0. The molecule has 0 aromatic heterocycles. The summed E-state index contributed by atoms with van der Waals surface area (Å²) in [6.07, 6.45) is 9.11. The van der Waals surface area contributed by atoms with Crippen LogP contribution in [-0.2, 0) is 0 Å². The Labute approximate surface area is 68.3 Å².